The number of nitrogens with one attached hydrogen (secondary N) is 1. The maximum atomic E-state index is 12.4. The highest BCUT2D eigenvalue weighted by molar-refractivity contribution is 6.29. The number of halogens is 1. The van der Waals surface area contributed by atoms with Crippen LogP contribution in [0.2, 0.25) is 5.15 Å². The average molecular weight is 331 g/mol. The Bertz CT molecular complexity index is 647. The third-order valence-electron chi connectivity index (χ3n) is 4.02. The lowest BCUT2D eigenvalue weighted by molar-refractivity contribution is -0.125. The standard InChI is InChI=1S/C17H19ClN4O/c18-15-7-6-13(10-20-15)11-21-17(23)14-4-3-9-22(12-14)16-5-1-2-8-19-16/h1-2,5-8,10,14H,3-4,9,11-12H2,(H,21,23). The fourth-order valence-electron chi connectivity index (χ4n) is 2.78. The zero-order chi connectivity index (χ0) is 16.1. The SMILES string of the molecule is O=C(NCc1ccc(Cl)nc1)C1CCCN(c2ccccn2)C1. The van der Waals surface area contributed by atoms with Crippen molar-refractivity contribution in [2.24, 2.45) is 5.92 Å². The number of piperidine rings is 1. The van der Waals surface area contributed by atoms with Gasteiger partial charge in [0.2, 0.25) is 5.91 Å². The van der Waals surface area contributed by atoms with Crippen LogP contribution in [-0.4, -0.2) is 29.0 Å². The van der Waals surface area contributed by atoms with E-state index in [2.05, 4.69) is 20.2 Å². The number of hydrogen-bond donors (Lipinski definition) is 1. The number of hydrogen-bond acceptors (Lipinski definition) is 4. The number of rotatable bonds is 4. The number of carbonyl (C=O) groups excluding carboxylic acids is 1. The first-order valence-electron chi connectivity index (χ1n) is 7.76. The first-order chi connectivity index (χ1) is 11.2. The number of carbonyl (C=O) groups is 1. The van der Waals surface area contributed by atoms with Crippen LogP contribution in [0.1, 0.15) is 18.4 Å². The minimum atomic E-state index is -0.00832. The summed E-state index contributed by atoms with van der Waals surface area (Å²) < 4.78 is 0. The number of pyridine rings is 2. The molecule has 1 unspecified atom stereocenters. The van der Waals surface area contributed by atoms with Crippen molar-refractivity contribution in [2.75, 3.05) is 18.0 Å². The van der Waals surface area contributed by atoms with Crippen LogP contribution in [0, 0.1) is 5.92 Å². The summed E-state index contributed by atoms with van der Waals surface area (Å²) in [6.45, 7) is 2.13. The van der Waals surface area contributed by atoms with Crippen LogP contribution < -0.4 is 10.2 Å². The van der Waals surface area contributed by atoms with E-state index in [9.17, 15) is 4.79 Å². The van der Waals surface area contributed by atoms with Gasteiger partial charge in [0.15, 0.2) is 0 Å². The second-order valence-corrected chi connectivity index (χ2v) is 6.07. The van der Waals surface area contributed by atoms with Gasteiger partial charge in [-0.2, -0.15) is 0 Å². The Morgan fingerprint density at radius 2 is 2.22 bits per heavy atom. The molecule has 1 atom stereocenters. The lowest BCUT2D eigenvalue weighted by atomic mass is 9.97. The lowest BCUT2D eigenvalue weighted by Crippen LogP contribution is -2.43. The molecule has 0 bridgehead atoms. The minimum absolute atomic E-state index is 0.00832. The van der Waals surface area contributed by atoms with E-state index >= 15 is 0 Å². The van der Waals surface area contributed by atoms with Gasteiger partial charge in [-0.25, -0.2) is 9.97 Å². The van der Waals surface area contributed by atoms with Crippen molar-refractivity contribution >= 4 is 23.3 Å². The summed E-state index contributed by atoms with van der Waals surface area (Å²) in [4.78, 5) is 23.0. The fourth-order valence-corrected chi connectivity index (χ4v) is 2.90. The van der Waals surface area contributed by atoms with Gasteiger partial charge in [0, 0.05) is 32.0 Å². The van der Waals surface area contributed by atoms with Gasteiger partial charge in [-0.05, 0) is 36.6 Å². The van der Waals surface area contributed by atoms with Crippen LogP contribution >= 0.6 is 11.6 Å². The summed E-state index contributed by atoms with van der Waals surface area (Å²) in [5.41, 5.74) is 0.945. The Morgan fingerprint density at radius 1 is 1.30 bits per heavy atom. The molecule has 0 aliphatic carbocycles. The molecule has 0 radical (unpaired) electrons. The van der Waals surface area contributed by atoms with Gasteiger partial charge in [0.25, 0.3) is 0 Å². The van der Waals surface area contributed by atoms with E-state index in [4.69, 9.17) is 11.6 Å². The summed E-state index contributed by atoms with van der Waals surface area (Å²) in [5, 5.41) is 3.45. The minimum Gasteiger partial charge on any atom is -0.356 e. The van der Waals surface area contributed by atoms with Crippen LogP contribution in [0.3, 0.4) is 0 Å². The van der Waals surface area contributed by atoms with E-state index in [0.29, 0.717) is 18.2 Å². The highest BCUT2D eigenvalue weighted by atomic mass is 35.5. The highest BCUT2D eigenvalue weighted by Gasteiger charge is 2.26. The zero-order valence-electron chi connectivity index (χ0n) is 12.8. The zero-order valence-corrected chi connectivity index (χ0v) is 13.5. The van der Waals surface area contributed by atoms with E-state index in [1.54, 1.807) is 18.5 Å². The largest absolute Gasteiger partial charge is 0.356 e. The molecule has 5 nitrogen and oxygen atoms in total. The highest BCUT2D eigenvalue weighted by Crippen LogP contribution is 2.21. The Hall–Kier alpha value is -2.14. The van der Waals surface area contributed by atoms with Gasteiger partial charge < -0.3 is 10.2 Å². The quantitative estimate of drug-likeness (QED) is 0.876. The smallest absolute Gasteiger partial charge is 0.225 e. The number of aromatic nitrogens is 2. The van der Waals surface area contributed by atoms with Gasteiger partial charge in [0.05, 0.1) is 5.92 Å². The van der Waals surface area contributed by atoms with E-state index in [0.717, 1.165) is 30.8 Å². The Kier molecular flexibility index (Phi) is 5.08. The molecule has 1 fully saturated rings. The summed E-state index contributed by atoms with van der Waals surface area (Å²) in [6, 6.07) is 9.46. The molecule has 0 aromatic carbocycles. The topological polar surface area (TPSA) is 58.1 Å². The lowest BCUT2D eigenvalue weighted by Gasteiger charge is -2.32. The third kappa shape index (κ3) is 4.20. The van der Waals surface area contributed by atoms with Crippen molar-refractivity contribution in [1.29, 1.82) is 0 Å². The summed E-state index contributed by atoms with van der Waals surface area (Å²) in [5.74, 6) is 1.01. The second kappa shape index (κ2) is 7.42. The Morgan fingerprint density at radius 3 is 2.96 bits per heavy atom. The molecule has 1 aliphatic heterocycles. The van der Waals surface area contributed by atoms with Crippen LogP contribution in [-0.2, 0) is 11.3 Å². The molecule has 0 spiro atoms. The Balaban J connectivity index is 1.55. The fraction of sp³-hybridized carbons (Fsp3) is 0.353. The van der Waals surface area contributed by atoms with Crippen LogP contribution in [0.5, 0.6) is 0 Å². The van der Waals surface area contributed by atoms with Gasteiger partial charge in [-0.3, -0.25) is 4.79 Å². The Labute approximate surface area is 140 Å². The molecular formula is C17H19ClN4O. The summed E-state index contributed by atoms with van der Waals surface area (Å²) in [7, 11) is 0. The molecular weight excluding hydrogens is 312 g/mol. The molecule has 1 amide bonds. The molecule has 2 aromatic heterocycles. The molecule has 1 aliphatic rings. The van der Waals surface area contributed by atoms with Crippen LogP contribution in [0.15, 0.2) is 42.7 Å². The number of nitrogens with zero attached hydrogens (tertiary/aromatic N) is 3. The third-order valence-corrected chi connectivity index (χ3v) is 4.24. The maximum absolute atomic E-state index is 12.4. The van der Waals surface area contributed by atoms with E-state index in [-0.39, 0.29) is 11.8 Å². The molecule has 1 N–H and O–H groups in total. The van der Waals surface area contributed by atoms with Gasteiger partial charge in [0.1, 0.15) is 11.0 Å². The van der Waals surface area contributed by atoms with Crippen molar-refractivity contribution in [2.45, 2.75) is 19.4 Å². The van der Waals surface area contributed by atoms with Crippen molar-refractivity contribution in [3.05, 3.63) is 53.4 Å². The summed E-state index contributed by atoms with van der Waals surface area (Å²) >= 11 is 5.76. The second-order valence-electron chi connectivity index (χ2n) is 5.68. The molecule has 120 valence electrons. The predicted octanol–water partition coefficient (Wildman–Crippen LogP) is 2.66. The first kappa shape index (κ1) is 15.7. The van der Waals surface area contributed by atoms with Crippen LogP contribution in [0.4, 0.5) is 5.82 Å². The van der Waals surface area contributed by atoms with E-state index in [1.807, 2.05) is 24.3 Å². The van der Waals surface area contributed by atoms with E-state index < -0.39 is 0 Å². The van der Waals surface area contributed by atoms with Crippen molar-refractivity contribution in [1.82, 2.24) is 15.3 Å². The monoisotopic (exact) mass is 330 g/mol. The van der Waals surface area contributed by atoms with Crippen LogP contribution in [0.25, 0.3) is 0 Å². The van der Waals surface area contributed by atoms with Crippen molar-refractivity contribution in [3.8, 4) is 0 Å². The molecule has 2 aromatic rings. The molecule has 0 saturated carbocycles. The van der Waals surface area contributed by atoms with Gasteiger partial charge in [-0.15, -0.1) is 0 Å². The van der Waals surface area contributed by atoms with E-state index in [1.165, 1.54) is 0 Å². The number of anilines is 1. The number of amides is 1. The van der Waals surface area contributed by atoms with Crippen molar-refractivity contribution < 1.29 is 4.79 Å². The average Bonchev–Trinajstić information content (AvgIpc) is 2.62. The van der Waals surface area contributed by atoms with Crippen molar-refractivity contribution in [3.63, 3.8) is 0 Å². The molecule has 1 saturated heterocycles. The van der Waals surface area contributed by atoms with Gasteiger partial charge >= 0.3 is 0 Å². The molecule has 6 heteroatoms. The first-order valence-corrected chi connectivity index (χ1v) is 8.14. The molecule has 3 heterocycles. The summed E-state index contributed by atoms with van der Waals surface area (Å²) in [6.07, 6.45) is 5.38. The normalized spacial score (nSPS) is 17.8. The maximum Gasteiger partial charge on any atom is 0.225 e. The molecule has 23 heavy (non-hydrogen) atoms. The van der Waals surface area contributed by atoms with Gasteiger partial charge in [-0.1, -0.05) is 23.7 Å². The molecule has 3 rings (SSSR count). The predicted molar refractivity (Wildman–Crippen MR) is 90.3 cm³/mol.